The number of ether oxygens (including phenoxy) is 2. The van der Waals surface area contributed by atoms with Crippen LogP contribution >= 0.6 is 0 Å². The van der Waals surface area contributed by atoms with Gasteiger partial charge in [0.05, 0.1) is 20.3 Å². The van der Waals surface area contributed by atoms with E-state index in [0.29, 0.717) is 23.9 Å². The molecule has 0 saturated heterocycles. The Hall–Kier alpha value is -2.54. The summed E-state index contributed by atoms with van der Waals surface area (Å²) in [5.74, 6) is 1.31. The van der Waals surface area contributed by atoms with E-state index in [2.05, 4.69) is 10.3 Å². The molecule has 1 amide bonds. The highest BCUT2D eigenvalue weighted by Crippen LogP contribution is 2.24. The lowest BCUT2D eigenvalue weighted by molar-refractivity contribution is 0.0945. The van der Waals surface area contributed by atoms with Gasteiger partial charge in [0.1, 0.15) is 17.8 Å². The zero-order chi connectivity index (χ0) is 16.1. The number of aromatic nitrogens is 1. The Kier molecular flexibility index (Phi) is 5.00. The summed E-state index contributed by atoms with van der Waals surface area (Å²) >= 11 is 0. The first-order valence-corrected chi connectivity index (χ1v) is 6.75. The Morgan fingerprint density at radius 3 is 2.77 bits per heavy atom. The molecule has 0 radical (unpaired) electrons. The predicted octanol–water partition coefficient (Wildman–Crippen LogP) is 1.64. The molecule has 1 atom stereocenters. The van der Waals surface area contributed by atoms with Gasteiger partial charge in [-0.05, 0) is 19.1 Å². The molecule has 1 heterocycles. The number of rotatable bonds is 6. The number of oxazole rings is 1. The SMILES string of the molecule is COc1ccc(CNC(=O)c2coc(C(C)N)n2)c(OC)c1. The smallest absolute Gasteiger partial charge is 0.273 e. The Bertz CT molecular complexity index is 652. The number of hydrogen-bond acceptors (Lipinski definition) is 6. The molecule has 7 nitrogen and oxygen atoms in total. The van der Waals surface area contributed by atoms with Crippen LogP contribution in [0.5, 0.6) is 11.5 Å². The number of benzene rings is 1. The van der Waals surface area contributed by atoms with Crippen molar-refractivity contribution in [3.05, 3.63) is 41.6 Å². The molecule has 3 N–H and O–H groups in total. The Morgan fingerprint density at radius 1 is 1.41 bits per heavy atom. The van der Waals surface area contributed by atoms with Crippen LogP contribution in [0.3, 0.4) is 0 Å². The van der Waals surface area contributed by atoms with Crippen LogP contribution in [0.4, 0.5) is 0 Å². The molecule has 22 heavy (non-hydrogen) atoms. The largest absolute Gasteiger partial charge is 0.497 e. The maximum atomic E-state index is 12.0. The van der Waals surface area contributed by atoms with Crippen molar-refractivity contribution in [2.45, 2.75) is 19.5 Å². The van der Waals surface area contributed by atoms with Gasteiger partial charge in [0, 0.05) is 18.2 Å². The lowest BCUT2D eigenvalue weighted by atomic mass is 10.2. The fourth-order valence-electron chi connectivity index (χ4n) is 1.87. The maximum Gasteiger partial charge on any atom is 0.273 e. The van der Waals surface area contributed by atoms with E-state index in [9.17, 15) is 4.79 Å². The number of nitrogens with one attached hydrogen (secondary N) is 1. The zero-order valence-corrected chi connectivity index (χ0v) is 12.8. The molecule has 0 bridgehead atoms. The average Bonchev–Trinajstić information content (AvgIpc) is 3.02. The molecule has 1 unspecified atom stereocenters. The Morgan fingerprint density at radius 2 is 2.18 bits per heavy atom. The summed E-state index contributed by atoms with van der Waals surface area (Å²) in [6, 6.07) is 5.03. The van der Waals surface area contributed by atoms with Crippen LogP contribution in [-0.2, 0) is 6.54 Å². The van der Waals surface area contributed by atoms with Gasteiger partial charge in [-0.3, -0.25) is 4.79 Å². The third-order valence-electron chi connectivity index (χ3n) is 3.08. The van der Waals surface area contributed by atoms with Crippen molar-refractivity contribution in [1.82, 2.24) is 10.3 Å². The van der Waals surface area contributed by atoms with Gasteiger partial charge in [0.15, 0.2) is 5.69 Å². The molecule has 0 aliphatic rings. The number of amides is 1. The summed E-state index contributed by atoms with van der Waals surface area (Å²) < 4.78 is 15.5. The van der Waals surface area contributed by atoms with Crippen molar-refractivity contribution in [3.63, 3.8) is 0 Å². The van der Waals surface area contributed by atoms with Crippen molar-refractivity contribution < 1.29 is 18.7 Å². The van der Waals surface area contributed by atoms with Crippen LogP contribution in [-0.4, -0.2) is 25.1 Å². The number of methoxy groups -OCH3 is 2. The molecule has 0 aliphatic heterocycles. The van der Waals surface area contributed by atoms with Crippen LogP contribution < -0.4 is 20.5 Å². The van der Waals surface area contributed by atoms with E-state index in [-0.39, 0.29) is 17.6 Å². The first kappa shape index (κ1) is 15.8. The second-order valence-electron chi connectivity index (χ2n) is 4.72. The molecule has 1 aromatic carbocycles. The van der Waals surface area contributed by atoms with Gasteiger partial charge < -0.3 is 24.9 Å². The van der Waals surface area contributed by atoms with Crippen molar-refractivity contribution in [3.8, 4) is 11.5 Å². The van der Waals surface area contributed by atoms with Crippen molar-refractivity contribution in [2.24, 2.45) is 5.73 Å². The number of carbonyl (C=O) groups excluding carboxylic acids is 1. The van der Waals surface area contributed by atoms with Crippen LogP contribution in [0.15, 0.2) is 28.9 Å². The summed E-state index contributed by atoms with van der Waals surface area (Å²) in [5.41, 5.74) is 6.66. The van der Waals surface area contributed by atoms with Gasteiger partial charge in [-0.1, -0.05) is 0 Å². The number of nitrogens with two attached hydrogens (primary N) is 1. The standard InChI is InChI=1S/C15H19N3O4/c1-9(16)15-18-12(8-22-15)14(19)17-7-10-4-5-11(20-2)6-13(10)21-3/h4-6,8-9H,7,16H2,1-3H3,(H,17,19). The normalized spacial score (nSPS) is 11.8. The minimum absolute atomic E-state index is 0.194. The summed E-state index contributed by atoms with van der Waals surface area (Å²) in [6.45, 7) is 2.03. The number of nitrogens with zero attached hydrogens (tertiary/aromatic N) is 1. The molecule has 118 valence electrons. The lowest BCUT2D eigenvalue weighted by Crippen LogP contribution is -2.23. The molecule has 0 aliphatic carbocycles. The molecule has 1 aromatic heterocycles. The molecule has 0 saturated carbocycles. The monoisotopic (exact) mass is 305 g/mol. The lowest BCUT2D eigenvalue weighted by Gasteiger charge is -2.10. The quantitative estimate of drug-likeness (QED) is 0.841. The van der Waals surface area contributed by atoms with Gasteiger partial charge in [0.2, 0.25) is 5.89 Å². The molecular weight excluding hydrogens is 286 g/mol. The van der Waals surface area contributed by atoms with E-state index in [1.165, 1.54) is 6.26 Å². The van der Waals surface area contributed by atoms with E-state index < -0.39 is 0 Å². The molecule has 0 spiro atoms. The fraction of sp³-hybridized carbons (Fsp3) is 0.333. The molecule has 2 rings (SSSR count). The van der Waals surface area contributed by atoms with Crippen molar-refractivity contribution in [2.75, 3.05) is 14.2 Å². The summed E-state index contributed by atoms with van der Waals surface area (Å²) in [5, 5.41) is 2.76. The van der Waals surface area contributed by atoms with Crippen molar-refractivity contribution >= 4 is 5.91 Å². The van der Waals surface area contributed by atoms with Gasteiger partial charge in [-0.2, -0.15) is 0 Å². The van der Waals surface area contributed by atoms with Gasteiger partial charge in [-0.15, -0.1) is 0 Å². The second kappa shape index (κ2) is 6.95. The first-order chi connectivity index (χ1) is 10.5. The van der Waals surface area contributed by atoms with Gasteiger partial charge >= 0.3 is 0 Å². The topological polar surface area (TPSA) is 99.6 Å². The van der Waals surface area contributed by atoms with E-state index in [1.54, 1.807) is 33.3 Å². The van der Waals surface area contributed by atoms with Crippen LogP contribution in [0.25, 0.3) is 0 Å². The van der Waals surface area contributed by atoms with Crippen LogP contribution in [0.1, 0.15) is 34.9 Å². The van der Waals surface area contributed by atoms with Gasteiger partial charge in [0.25, 0.3) is 5.91 Å². The van der Waals surface area contributed by atoms with E-state index in [4.69, 9.17) is 19.6 Å². The molecular formula is C15H19N3O4. The van der Waals surface area contributed by atoms with Crippen LogP contribution in [0.2, 0.25) is 0 Å². The molecule has 0 fully saturated rings. The zero-order valence-electron chi connectivity index (χ0n) is 12.8. The summed E-state index contributed by atoms with van der Waals surface area (Å²) in [7, 11) is 3.14. The highest BCUT2D eigenvalue weighted by molar-refractivity contribution is 5.91. The molecule has 7 heteroatoms. The summed E-state index contributed by atoms with van der Waals surface area (Å²) in [4.78, 5) is 16.1. The number of carbonyl (C=O) groups is 1. The van der Waals surface area contributed by atoms with Crippen molar-refractivity contribution in [1.29, 1.82) is 0 Å². The first-order valence-electron chi connectivity index (χ1n) is 6.75. The third kappa shape index (κ3) is 3.56. The van der Waals surface area contributed by atoms with Crippen LogP contribution in [0, 0.1) is 0 Å². The molecule has 2 aromatic rings. The third-order valence-corrected chi connectivity index (χ3v) is 3.08. The average molecular weight is 305 g/mol. The van der Waals surface area contributed by atoms with E-state index in [1.807, 2.05) is 6.07 Å². The highest BCUT2D eigenvalue weighted by Gasteiger charge is 2.15. The predicted molar refractivity (Wildman–Crippen MR) is 79.8 cm³/mol. The fourth-order valence-corrected chi connectivity index (χ4v) is 1.87. The highest BCUT2D eigenvalue weighted by atomic mass is 16.5. The Labute approximate surface area is 128 Å². The van der Waals surface area contributed by atoms with E-state index in [0.717, 1.165) is 5.56 Å². The minimum atomic E-state index is -0.358. The summed E-state index contributed by atoms with van der Waals surface area (Å²) in [6.07, 6.45) is 1.29. The maximum absolute atomic E-state index is 12.0. The van der Waals surface area contributed by atoms with Gasteiger partial charge in [-0.25, -0.2) is 4.98 Å². The minimum Gasteiger partial charge on any atom is -0.497 e. The second-order valence-corrected chi connectivity index (χ2v) is 4.72. The Balaban J connectivity index is 2.04. The number of hydrogen-bond donors (Lipinski definition) is 2. The van der Waals surface area contributed by atoms with E-state index >= 15 is 0 Å².